The Balaban J connectivity index is 2.10. The standard InChI is InChI=1S/C11H10O2/c1-7-11(13-7)9-2-3-10-8(6-9)4-5-12-10/h2-7,11H,1H3. The molecule has 66 valence electrons. The minimum atomic E-state index is 0.305. The minimum Gasteiger partial charge on any atom is -0.464 e. The first-order valence-electron chi connectivity index (χ1n) is 4.47. The van der Waals surface area contributed by atoms with Gasteiger partial charge in [0.1, 0.15) is 11.7 Å². The molecule has 0 saturated carbocycles. The van der Waals surface area contributed by atoms with E-state index in [9.17, 15) is 0 Å². The van der Waals surface area contributed by atoms with Crippen LogP contribution in [-0.4, -0.2) is 6.10 Å². The molecule has 3 rings (SSSR count). The number of furan rings is 1. The molecule has 2 heteroatoms. The molecule has 13 heavy (non-hydrogen) atoms. The van der Waals surface area contributed by atoms with Crippen LogP contribution in [-0.2, 0) is 4.74 Å². The zero-order valence-corrected chi connectivity index (χ0v) is 7.36. The Kier molecular flexibility index (Phi) is 1.30. The molecule has 2 nitrogen and oxygen atoms in total. The molecule has 0 spiro atoms. The molecule has 1 aromatic carbocycles. The van der Waals surface area contributed by atoms with Gasteiger partial charge in [-0.05, 0) is 30.7 Å². The van der Waals surface area contributed by atoms with Gasteiger partial charge in [-0.3, -0.25) is 0 Å². The van der Waals surface area contributed by atoms with Crippen molar-refractivity contribution in [3.05, 3.63) is 36.1 Å². The molecule has 0 amide bonds. The predicted molar refractivity (Wildman–Crippen MR) is 49.5 cm³/mol. The molecule has 1 fully saturated rings. The summed E-state index contributed by atoms with van der Waals surface area (Å²) in [5.74, 6) is 0. The second-order valence-corrected chi connectivity index (χ2v) is 3.48. The molecule has 1 saturated heterocycles. The molecule has 2 aromatic rings. The van der Waals surface area contributed by atoms with Gasteiger partial charge >= 0.3 is 0 Å². The second-order valence-electron chi connectivity index (χ2n) is 3.48. The van der Waals surface area contributed by atoms with Gasteiger partial charge in [0, 0.05) is 5.39 Å². The van der Waals surface area contributed by atoms with Crippen LogP contribution in [0, 0.1) is 0 Å². The van der Waals surface area contributed by atoms with E-state index in [0.29, 0.717) is 12.2 Å². The summed E-state index contributed by atoms with van der Waals surface area (Å²) in [4.78, 5) is 0. The first-order valence-corrected chi connectivity index (χ1v) is 4.47. The Hall–Kier alpha value is -1.28. The summed E-state index contributed by atoms with van der Waals surface area (Å²) in [5.41, 5.74) is 2.19. The molecule has 0 aliphatic carbocycles. The van der Waals surface area contributed by atoms with Gasteiger partial charge in [-0.25, -0.2) is 0 Å². The van der Waals surface area contributed by atoms with Gasteiger partial charge in [-0.1, -0.05) is 6.07 Å². The molecule has 1 aliphatic rings. The average molecular weight is 174 g/mol. The van der Waals surface area contributed by atoms with Crippen LogP contribution in [0.3, 0.4) is 0 Å². The van der Waals surface area contributed by atoms with E-state index in [0.717, 1.165) is 11.0 Å². The van der Waals surface area contributed by atoms with Crippen molar-refractivity contribution >= 4 is 11.0 Å². The van der Waals surface area contributed by atoms with Gasteiger partial charge in [0.05, 0.1) is 12.4 Å². The zero-order valence-electron chi connectivity index (χ0n) is 7.36. The van der Waals surface area contributed by atoms with Crippen molar-refractivity contribution in [1.82, 2.24) is 0 Å². The van der Waals surface area contributed by atoms with Crippen LogP contribution in [0.15, 0.2) is 34.9 Å². The maximum absolute atomic E-state index is 5.40. The number of benzene rings is 1. The lowest BCUT2D eigenvalue weighted by molar-refractivity contribution is 0.383. The molecule has 0 radical (unpaired) electrons. The van der Waals surface area contributed by atoms with Gasteiger partial charge in [-0.2, -0.15) is 0 Å². The molecular weight excluding hydrogens is 164 g/mol. The lowest BCUT2D eigenvalue weighted by Crippen LogP contribution is -1.81. The lowest BCUT2D eigenvalue weighted by Gasteiger charge is -1.94. The molecule has 2 unspecified atom stereocenters. The van der Waals surface area contributed by atoms with Crippen LogP contribution in [0.5, 0.6) is 0 Å². The van der Waals surface area contributed by atoms with E-state index in [4.69, 9.17) is 9.15 Å². The van der Waals surface area contributed by atoms with Gasteiger partial charge in [0.2, 0.25) is 0 Å². The SMILES string of the molecule is CC1OC1c1ccc2occc2c1. The summed E-state index contributed by atoms with van der Waals surface area (Å²) in [5, 5.41) is 1.15. The largest absolute Gasteiger partial charge is 0.464 e. The van der Waals surface area contributed by atoms with Crippen LogP contribution < -0.4 is 0 Å². The summed E-state index contributed by atoms with van der Waals surface area (Å²) in [6, 6.07) is 8.18. The van der Waals surface area contributed by atoms with E-state index in [1.807, 2.05) is 12.1 Å². The molecule has 1 aliphatic heterocycles. The van der Waals surface area contributed by atoms with E-state index in [1.54, 1.807) is 6.26 Å². The summed E-state index contributed by atoms with van der Waals surface area (Å²) in [6.45, 7) is 2.09. The third-order valence-electron chi connectivity index (χ3n) is 2.52. The number of epoxide rings is 1. The fraction of sp³-hybridized carbons (Fsp3) is 0.273. The maximum Gasteiger partial charge on any atom is 0.133 e. The van der Waals surface area contributed by atoms with Gasteiger partial charge in [0.25, 0.3) is 0 Å². The molecule has 0 N–H and O–H groups in total. The minimum absolute atomic E-state index is 0.305. The Labute approximate surface area is 76.1 Å². The number of hydrogen-bond donors (Lipinski definition) is 0. The third kappa shape index (κ3) is 1.06. The number of rotatable bonds is 1. The third-order valence-corrected chi connectivity index (χ3v) is 2.52. The van der Waals surface area contributed by atoms with E-state index in [2.05, 4.69) is 19.1 Å². The van der Waals surface area contributed by atoms with E-state index in [-0.39, 0.29) is 0 Å². The Morgan fingerprint density at radius 1 is 1.23 bits per heavy atom. The van der Waals surface area contributed by atoms with Crippen molar-refractivity contribution in [2.75, 3.05) is 0 Å². The number of ether oxygens (including phenoxy) is 1. The molecule has 0 bridgehead atoms. The fourth-order valence-corrected chi connectivity index (χ4v) is 1.70. The van der Waals surface area contributed by atoms with Crippen LogP contribution in [0.4, 0.5) is 0 Å². The van der Waals surface area contributed by atoms with Crippen molar-refractivity contribution < 1.29 is 9.15 Å². The molecule has 1 aromatic heterocycles. The highest BCUT2D eigenvalue weighted by Gasteiger charge is 2.35. The molecule has 2 heterocycles. The van der Waals surface area contributed by atoms with Crippen molar-refractivity contribution in [1.29, 1.82) is 0 Å². The highest BCUT2D eigenvalue weighted by atomic mass is 16.6. The van der Waals surface area contributed by atoms with Gasteiger partial charge in [-0.15, -0.1) is 0 Å². The highest BCUT2D eigenvalue weighted by Crippen LogP contribution is 2.39. The first kappa shape index (κ1) is 7.15. The second kappa shape index (κ2) is 2.36. The van der Waals surface area contributed by atoms with Crippen LogP contribution in [0.1, 0.15) is 18.6 Å². The smallest absolute Gasteiger partial charge is 0.133 e. The Morgan fingerprint density at radius 2 is 2.08 bits per heavy atom. The van der Waals surface area contributed by atoms with Crippen molar-refractivity contribution in [3.8, 4) is 0 Å². The first-order chi connectivity index (χ1) is 6.34. The predicted octanol–water partition coefficient (Wildman–Crippen LogP) is 2.89. The Bertz CT molecular complexity index is 444. The number of hydrogen-bond acceptors (Lipinski definition) is 2. The van der Waals surface area contributed by atoms with E-state index >= 15 is 0 Å². The quantitative estimate of drug-likeness (QED) is 0.621. The van der Waals surface area contributed by atoms with Gasteiger partial charge in [0.15, 0.2) is 0 Å². The van der Waals surface area contributed by atoms with Crippen molar-refractivity contribution in [2.45, 2.75) is 19.1 Å². The normalized spacial score (nSPS) is 26.5. The molecule has 2 atom stereocenters. The number of fused-ring (bicyclic) bond motifs is 1. The zero-order chi connectivity index (χ0) is 8.84. The average Bonchev–Trinajstić information content (AvgIpc) is 2.70. The lowest BCUT2D eigenvalue weighted by atomic mass is 10.1. The van der Waals surface area contributed by atoms with Crippen molar-refractivity contribution in [2.24, 2.45) is 0 Å². The maximum atomic E-state index is 5.40. The van der Waals surface area contributed by atoms with E-state index in [1.165, 1.54) is 5.56 Å². The summed E-state index contributed by atoms with van der Waals surface area (Å²) < 4.78 is 10.7. The summed E-state index contributed by atoms with van der Waals surface area (Å²) in [6.07, 6.45) is 2.40. The molecular formula is C11H10O2. The van der Waals surface area contributed by atoms with Crippen LogP contribution in [0.25, 0.3) is 11.0 Å². The van der Waals surface area contributed by atoms with Gasteiger partial charge < -0.3 is 9.15 Å². The highest BCUT2D eigenvalue weighted by molar-refractivity contribution is 5.77. The van der Waals surface area contributed by atoms with Crippen LogP contribution in [0.2, 0.25) is 0 Å². The van der Waals surface area contributed by atoms with Crippen LogP contribution >= 0.6 is 0 Å². The monoisotopic (exact) mass is 174 g/mol. The van der Waals surface area contributed by atoms with Crippen molar-refractivity contribution in [3.63, 3.8) is 0 Å². The topological polar surface area (TPSA) is 25.7 Å². The van der Waals surface area contributed by atoms with E-state index < -0.39 is 0 Å². The fourth-order valence-electron chi connectivity index (χ4n) is 1.70. The Morgan fingerprint density at radius 3 is 2.85 bits per heavy atom. The summed E-state index contributed by atoms with van der Waals surface area (Å²) in [7, 11) is 0. The summed E-state index contributed by atoms with van der Waals surface area (Å²) >= 11 is 0.